The zero-order valence-corrected chi connectivity index (χ0v) is 18.1. The number of hydrogen-bond donors (Lipinski definition) is 3. The Kier molecular flexibility index (Phi) is 7.91. The van der Waals surface area contributed by atoms with Gasteiger partial charge in [-0.15, -0.1) is 11.3 Å². The van der Waals surface area contributed by atoms with Crippen molar-refractivity contribution in [2.45, 2.75) is 39.0 Å². The molecule has 1 atom stereocenters. The summed E-state index contributed by atoms with van der Waals surface area (Å²) in [5.74, 6) is 0.896. The van der Waals surface area contributed by atoms with Crippen LogP contribution in [-0.4, -0.2) is 41.5 Å². The molecule has 1 aliphatic rings. The summed E-state index contributed by atoms with van der Waals surface area (Å²) >= 11 is 7.31. The first kappa shape index (κ1) is 21.6. The van der Waals surface area contributed by atoms with Gasteiger partial charge in [0.15, 0.2) is 5.96 Å². The van der Waals surface area contributed by atoms with Crippen LogP contribution in [0.15, 0.2) is 41.4 Å². The van der Waals surface area contributed by atoms with Gasteiger partial charge in [0, 0.05) is 37.5 Å². The van der Waals surface area contributed by atoms with E-state index in [-0.39, 0.29) is 5.91 Å². The maximum Gasteiger partial charge on any atom is 0.222 e. The SMILES string of the molecule is CCNC(=NCc1ccc(CN2CCCC2=O)cc1)NCC(O)c1ccc(Cl)s1. The van der Waals surface area contributed by atoms with Gasteiger partial charge in [-0.1, -0.05) is 35.9 Å². The zero-order valence-electron chi connectivity index (χ0n) is 16.5. The summed E-state index contributed by atoms with van der Waals surface area (Å²) in [7, 11) is 0. The van der Waals surface area contributed by atoms with Gasteiger partial charge in [0.05, 0.1) is 10.9 Å². The van der Waals surface area contributed by atoms with E-state index in [2.05, 4.69) is 27.8 Å². The van der Waals surface area contributed by atoms with Crippen LogP contribution >= 0.6 is 22.9 Å². The molecule has 1 amide bonds. The van der Waals surface area contributed by atoms with Crippen molar-refractivity contribution < 1.29 is 9.90 Å². The second-order valence-corrected chi connectivity index (χ2v) is 8.72. The van der Waals surface area contributed by atoms with E-state index in [1.165, 1.54) is 11.3 Å². The molecule has 1 fully saturated rings. The predicted molar refractivity (Wildman–Crippen MR) is 118 cm³/mol. The smallest absolute Gasteiger partial charge is 0.222 e. The van der Waals surface area contributed by atoms with E-state index in [0.29, 0.717) is 36.4 Å². The third-order valence-electron chi connectivity index (χ3n) is 4.72. The van der Waals surface area contributed by atoms with E-state index in [4.69, 9.17) is 11.6 Å². The summed E-state index contributed by atoms with van der Waals surface area (Å²) in [4.78, 5) is 19.1. The van der Waals surface area contributed by atoms with Crippen LogP contribution in [0.3, 0.4) is 0 Å². The number of nitrogens with one attached hydrogen (secondary N) is 2. The van der Waals surface area contributed by atoms with Crippen molar-refractivity contribution in [3.63, 3.8) is 0 Å². The highest BCUT2D eigenvalue weighted by Gasteiger charge is 2.19. The monoisotopic (exact) mass is 434 g/mol. The summed E-state index contributed by atoms with van der Waals surface area (Å²) in [6.45, 7) is 5.14. The third-order valence-corrected chi connectivity index (χ3v) is 6.05. The molecule has 1 saturated heterocycles. The van der Waals surface area contributed by atoms with Crippen molar-refractivity contribution in [1.29, 1.82) is 0 Å². The third kappa shape index (κ3) is 6.45. The first-order valence-corrected chi connectivity index (χ1v) is 11.1. The summed E-state index contributed by atoms with van der Waals surface area (Å²) in [6, 6.07) is 11.8. The van der Waals surface area contributed by atoms with Crippen LogP contribution in [0.5, 0.6) is 0 Å². The molecule has 1 aromatic carbocycles. The lowest BCUT2D eigenvalue weighted by Gasteiger charge is -2.16. The standard InChI is InChI=1S/C21H27ClN4O2S/c1-2-23-21(25-13-17(27)18-9-10-19(22)29-18)24-12-15-5-7-16(8-6-15)14-26-11-3-4-20(26)28/h5-10,17,27H,2-4,11-14H2,1H3,(H2,23,24,25). The number of carbonyl (C=O) groups is 1. The molecule has 0 aliphatic carbocycles. The average molecular weight is 435 g/mol. The predicted octanol–water partition coefficient (Wildman–Crippen LogP) is 3.31. The lowest BCUT2D eigenvalue weighted by molar-refractivity contribution is -0.128. The number of guanidine groups is 1. The van der Waals surface area contributed by atoms with Crippen LogP contribution < -0.4 is 10.6 Å². The molecule has 1 aliphatic heterocycles. The van der Waals surface area contributed by atoms with Crippen molar-refractivity contribution in [2.75, 3.05) is 19.6 Å². The molecule has 0 radical (unpaired) electrons. The van der Waals surface area contributed by atoms with Crippen molar-refractivity contribution in [2.24, 2.45) is 4.99 Å². The van der Waals surface area contributed by atoms with E-state index in [9.17, 15) is 9.90 Å². The van der Waals surface area contributed by atoms with Crippen LogP contribution in [0.4, 0.5) is 0 Å². The molecule has 8 heteroatoms. The molecular weight excluding hydrogens is 408 g/mol. The Morgan fingerprint density at radius 3 is 2.62 bits per heavy atom. The molecular formula is C21H27ClN4O2S. The molecule has 2 aromatic rings. The molecule has 0 bridgehead atoms. The van der Waals surface area contributed by atoms with Crippen LogP contribution in [-0.2, 0) is 17.9 Å². The number of nitrogens with zero attached hydrogens (tertiary/aromatic N) is 2. The Labute approximate surface area is 180 Å². The van der Waals surface area contributed by atoms with E-state index in [1.807, 2.05) is 30.0 Å². The van der Waals surface area contributed by atoms with Crippen LogP contribution in [0.25, 0.3) is 0 Å². The van der Waals surface area contributed by atoms with Crippen LogP contribution in [0.2, 0.25) is 4.34 Å². The molecule has 156 valence electrons. The van der Waals surface area contributed by atoms with Gasteiger partial charge in [-0.25, -0.2) is 4.99 Å². The van der Waals surface area contributed by atoms with E-state index in [0.717, 1.165) is 35.5 Å². The molecule has 1 aromatic heterocycles. The number of carbonyl (C=O) groups excluding carboxylic acids is 1. The Balaban J connectivity index is 1.53. The number of hydrogen-bond acceptors (Lipinski definition) is 4. The van der Waals surface area contributed by atoms with Crippen LogP contribution in [0.1, 0.15) is 41.9 Å². The number of aliphatic imine (C=N–C) groups is 1. The number of thiophene rings is 1. The van der Waals surface area contributed by atoms with Gasteiger partial charge >= 0.3 is 0 Å². The molecule has 3 N–H and O–H groups in total. The fourth-order valence-corrected chi connectivity index (χ4v) is 4.20. The lowest BCUT2D eigenvalue weighted by atomic mass is 10.1. The van der Waals surface area contributed by atoms with Gasteiger partial charge in [0.25, 0.3) is 0 Å². The molecule has 0 saturated carbocycles. The highest BCUT2D eigenvalue weighted by atomic mass is 35.5. The van der Waals surface area contributed by atoms with Gasteiger partial charge in [0.2, 0.25) is 5.91 Å². The van der Waals surface area contributed by atoms with Crippen molar-refractivity contribution >= 4 is 34.8 Å². The van der Waals surface area contributed by atoms with Crippen LogP contribution in [0, 0.1) is 0 Å². The molecule has 3 rings (SSSR count). The Morgan fingerprint density at radius 2 is 2.00 bits per heavy atom. The highest BCUT2D eigenvalue weighted by molar-refractivity contribution is 7.16. The van der Waals surface area contributed by atoms with Crippen molar-refractivity contribution in [3.05, 3.63) is 56.7 Å². The zero-order chi connectivity index (χ0) is 20.6. The average Bonchev–Trinajstić information content (AvgIpc) is 3.33. The normalized spacial score (nSPS) is 15.6. The number of likely N-dealkylation sites (tertiary alicyclic amines) is 1. The van der Waals surface area contributed by atoms with Gasteiger partial charge in [-0.3, -0.25) is 4.79 Å². The van der Waals surface area contributed by atoms with Crippen molar-refractivity contribution in [1.82, 2.24) is 15.5 Å². The number of rotatable bonds is 8. The molecule has 0 spiro atoms. The molecule has 29 heavy (non-hydrogen) atoms. The maximum absolute atomic E-state index is 11.8. The number of aliphatic hydroxyl groups is 1. The number of aliphatic hydroxyl groups excluding tert-OH is 1. The number of halogens is 1. The second-order valence-electron chi connectivity index (χ2n) is 6.97. The Hall–Kier alpha value is -2.09. The fourth-order valence-electron chi connectivity index (χ4n) is 3.16. The number of amides is 1. The topological polar surface area (TPSA) is 77.0 Å². The van der Waals surface area contributed by atoms with E-state index in [1.54, 1.807) is 6.07 Å². The maximum atomic E-state index is 11.8. The van der Waals surface area contributed by atoms with E-state index < -0.39 is 6.10 Å². The number of benzene rings is 1. The first-order chi connectivity index (χ1) is 14.0. The Bertz CT molecular complexity index is 837. The van der Waals surface area contributed by atoms with Crippen molar-refractivity contribution in [3.8, 4) is 0 Å². The summed E-state index contributed by atoms with van der Waals surface area (Å²) in [5, 5.41) is 16.6. The minimum absolute atomic E-state index is 0.243. The summed E-state index contributed by atoms with van der Waals surface area (Å²) in [6.07, 6.45) is 0.991. The minimum atomic E-state index is -0.635. The molecule has 6 nitrogen and oxygen atoms in total. The summed E-state index contributed by atoms with van der Waals surface area (Å²) in [5.41, 5.74) is 2.22. The highest BCUT2D eigenvalue weighted by Crippen LogP contribution is 2.26. The van der Waals surface area contributed by atoms with E-state index >= 15 is 0 Å². The second kappa shape index (κ2) is 10.6. The fraction of sp³-hybridized carbons (Fsp3) is 0.429. The lowest BCUT2D eigenvalue weighted by Crippen LogP contribution is -2.39. The van der Waals surface area contributed by atoms with Gasteiger partial charge in [-0.05, 0) is 36.6 Å². The van der Waals surface area contributed by atoms with Gasteiger partial charge < -0.3 is 20.6 Å². The first-order valence-electron chi connectivity index (χ1n) is 9.86. The van der Waals surface area contributed by atoms with Gasteiger partial charge in [-0.2, -0.15) is 0 Å². The quantitative estimate of drug-likeness (QED) is 0.440. The Morgan fingerprint density at radius 1 is 1.24 bits per heavy atom. The largest absolute Gasteiger partial charge is 0.386 e. The van der Waals surface area contributed by atoms with Gasteiger partial charge in [0.1, 0.15) is 6.10 Å². The summed E-state index contributed by atoms with van der Waals surface area (Å²) < 4.78 is 0.664. The minimum Gasteiger partial charge on any atom is -0.386 e. The molecule has 2 heterocycles. The molecule has 1 unspecified atom stereocenters.